The van der Waals surface area contributed by atoms with Crippen LogP contribution in [0.4, 0.5) is 4.39 Å². The van der Waals surface area contributed by atoms with E-state index in [0.29, 0.717) is 11.1 Å². The molecule has 0 aliphatic carbocycles. The fourth-order valence-electron chi connectivity index (χ4n) is 2.11. The van der Waals surface area contributed by atoms with Crippen molar-refractivity contribution in [3.8, 4) is 0 Å². The second-order valence-electron chi connectivity index (χ2n) is 4.87. The Morgan fingerprint density at radius 2 is 2.05 bits per heavy atom. The Morgan fingerprint density at radius 1 is 1.37 bits per heavy atom. The van der Waals surface area contributed by atoms with E-state index in [0.717, 1.165) is 10.2 Å². The van der Waals surface area contributed by atoms with Crippen molar-refractivity contribution in [3.63, 3.8) is 0 Å². The molecule has 0 aliphatic rings. The molecule has 0 spiro atoms. The maximum absolute atomic E-state index is 14.2. The first-order valence-electron chi connectivity index (χ1n) is 6.17. The molecule has 19 heavy (non-hydrogen) atoms. The molecule has 0 bridgehead atoms. The highest BCUT2D eigenvalue weighted by Crippen LogP contribution is 2.30. The van der Waals surface area contributed by atoms with Gasteiger partial charge in [-0.1, -0.05) is 18.2 Å². The van der Waals surface area contributed by atoms with E-state index in [9.17, 15) is 4.39 Å². The number of aryl methyl sites for hydroxylation is 1. The lowest BCUT2D eigenvalue weighted by Crippen LogP contribution is -2.20. The standard InChI is InChI=1S/C14H17BrFN3/c1-8(2)19-14(11(15)7-18-19)13(17)10-6-4-5-9(3)12(10)16/h4-8,13H,17H2,1-3H3. The summed E-state index contributed by atoms with van der Waals surface area (Å²) in [5.74, 6) is -0.251. The summed E-state index contributed by atoms with van der Waals surface area (Å²) < 4.78 is 16.8. The Bertz CT molecular complexity index is 592. The molecule has 1 heterocycles. The maximum atomic E-state index is 14.2. The van der Waals surface area contributed by atoms with E-state index in [1.165, 1.54) is 0 Å². The van der Waals surface area contributed by atoms with Gasteiger partial charge in [0.05, 0.1) is 22.4 Å². The number of benzene rings is 1. The maximum Gasteiger partial charge on any atom is 0.131 e. The summed E-state index contributed by atoms with van der Waals surface area (Å²) in [7, 11) is 0. The van der Waals surface area contributed by atoms with Gasteiger partial charge in [0, 0.05) is 11.6 Å². The molecule has 0 saturated carbocycles. The highest BCUT2D eigenvalue weighted by Gasteiger charge is 2.22. The van der Waals surface area contributed by atoms with Crippen molar-refractivity contribution in [2.24, 2.45) is 5.73 Å². The lowest BCUT2D eigenvalue weighted by Gasteiger charge is -2.19. The van der Waals surface area contributed by atoms with Gasteiger partial charge in [-0.2, -0.15) is 5.10 Å². The van der Waals surface area contributed by atoms with Crippen molar-refractivity contribution in [2.75, 3.05) is 0 Å². The first-order valence-corrected chi connectivity index (χ1v) is 6.96. The van der Waals surface area contributed by atoms with Gasteiger partial charge in [0.1, 0.15) is 5.82 Å². The average Bonchev–Trinajstić information content (AvgIpc) is 2.74. The summed E-state index contributed by atoms with van der Waals surface area (Å²) in [4.78, 5) is 0. The van der Waals surface area contributed by atoms with Crippen LogP contribution >= 0.6 is 15.9 Å². The minimum Gasteiger partial charge on any atom is -0.319 e. The molecule has 2 aromatic rings. The topological polar surface area (TPSA) is 43.8 Å². The van der Waals surface area contributed by atoms with Gasteiger partial charge in [-0.15, -0.1) is 0 Å². The Morgan fingerprint density at radius 3 is 2.68 bits per heavy atom. The minimum atomic E-state index is -0.542. The van der Waals surface area contributed by atoms with Gasteiger partial charge in [-0.3, -0.25) is 4.68 Å². The molecule has 2 N–H and O–H groups in total. The van der Waals surface area contributed by atoms with Crippen LogP contribution in [0.15, 0.2) is 28.9 Å². The highest BCUT2D eigenvalue weighted by atomic mass is 79.9. The van der Waals surface area contributed by atoms with Crippen LogP contribution in [-0.2, 0) is 0 Å². The van der Waals surface area contributed by atoms with Crippen LogP contribution < -0.4 is 5.73 Å². The van der Waals surface area contributed by atoms with Gasteiger partial charge in [-0.25, -0.2) is 4.39 Å². The predicted octanol–water partition coefficient (Wildman–Crippen LogP) is 3.72. The lowest BCUT2D eigenvalue weighted by atomic mass is 10.0. The SMILES string of the molecule is Cc1cccc(C(N)c2c(Br)cnn2C(C)C)c1F. The van der Waals surface area contributed by atoms with Crippen LogP contribution in [-0.4, -0.2) is 9.78 Å². The molecule has 1 unspecified atom stereocenters. The molecule has 0 saturated heterocycles. The summed E-state index contributed by atoms with van der Waals surface area (Å²) in [6.07, 6.45) is 1.70. The van der Waals surface area contributed by atoms with Crippen molar-refractivity contribution in [3.05, 3.63) is 51.5 Å². The number of rotatable bonds is 3. The molecular formula is C14H17BrFN3. The molecule has 1 aromatic heterocycles. The zero-order valence-electron chi connectivity index (χ0n) is 11.2. The number of nitrogens with two attached hydrogens (primary N) is 1. The molecule has 0 radical (unpaired) electrons. The van der Waals surface area contributed by atoms with E-state index in [4.69, 9.17) is 5.73 Å². The Hall–Kier alpha value is -1.20. The second kappa shape index (κ2) is 5.43. The molecule has 0 amide bonds. The third-order valence-corrected chi connectivity index (χ3v) is 3.74. The summed E-state index contributed by atoms with van der Waals surface area (Å²) >= 11 is 3.44. The highest BCUT2D eigenvalue weighted by molar-refractivity contribution is 9.10. The van der Waals surface area contributed by atoms with Crippen molar-refractivity contribution >= 4 is 15.9 Å². The molecule has 3 nitrogen and oxygen atoms in total. The first-order chi connectivity index (χ1) is 8.93. The molecule has 1 aromatic carbocycles. The lowest BCUT2D eigenvalue weighted by molar-refractivity contribution is 0.492. The normalized spacial score (nSPS) is 13.0. The zero-order valence-corrected chi connectivity index (χ0v) is 12.8. The van der Waals surface area contributed by atoms with Crippen LogP contribution in [0.5, 0.6) is 0 Å². The van der Waals surface area contributed by atoms with Gasteiger partial charge < -0.3 is 5.73 Å². The molecular weight excluding hydrogens is 309 g/mol. The van der Waals surface area contributed by atoms with Crippen molar-refractivity contribution in [1.29, 1.82) is 0 Å². The van der Waals surface area contributed by atoms with Gasteiger partial charge in [0.25, 0.3) is 0 Å². The fraction of sp³-hybridized carbons (Fsp3) is 0.357. The third-order valence-electron chi connectivity index (χ3n) is 3.13. The summed E-state index contributed by atoms with van der Waals surface area (Å²) in [6.45, 7) is 5.77. The summed E-state index contributed by atoms with van der Waals surface area (Å²) in [5, 5.41) is 4.28. The smallest absolute Gasteiger partial charge is 0.131 e. The molecule has 2 rings (SSSR count). The number of nitrogens with zero attached hydrogens (tertiary/aromatic N) is 2. The molecule has 0 aliphatic heterocycles. The third kappa shape index (κ3) is 2.58. The Labute approximate surface area is 120 Å². The quantitative estimate of drug-likeness (QED) is 0.934. The second-order valence-corrected chi connectivity index (χ2v) is 5.73. The monoisotopic (exact) mass is 325 g/mol. The van der Waals surface area contributed by atoms with Gasteiger partial charge >= 0.3 is 0 Å². The number of hydrogen-bond donors (Lipinski definition) is 1. The predicted molar refractivity (Wildman–Crippen MR) is 77.5 cm³/mol. The zero-order chi connectivity index (χ0) is 14.2. The van der Waals surface area contributed by atoms with E-state index >= 15 is 0 Å². The van der Waals surface area contributed by atoms with Crippen LogP contribution in [0.1, 0.15) is 42.8 Å². The first kappa shape index (κ1) is 14.2. The number of hydrogen-bond acceptors (Lipinski definition) is 2. The Kier molecular flexibility index (Phi) is 4.06. The van der Waals surface area contributed by atoms with Gasteiger partial charge in [-0.05, 0) is 42.3 Å². The molecule has 5 heteroatoms. The van der Waals surface area contributed by atoms with Crippen LogP contribution in [0, 0.1) is 12.7 Å². The van der Waals surface area contributed by atoms with Crippen molar-refractivity contribution in [1.82, 2.24) is 9.78 Å². The van der Waals surface area contributed by atoms with E-state index in [1.54, 1.807) is 25.3 Å². The van der Waals surface area contributed by atoms with E-state index in [2.05, 4.69) is 21.0 Å². The molecule has 1 atom stereocenters. The minimum absolute atomic E-state index is 0.167. The van der Waals surface area contributed by atoms with Crippen LogP contribution in [0.25, 0.3) is 0 Å². The van der Waals surface area contributed by atoms with Crippen LogP contribution in [0.3, 0.4) is 0 Å². The van der Waals surface area contributed by atoms with Crippen LogP contribution in [0.2, 0.25) is 0 Å². The van der Waals surface area contributed by atoms with E-state index in [1.807, 2.05) is 24.6 Å². The van der Waals surface area contributed by atoms with Crippen molar-refractivity contribution in [2.45, 2.75) is 32.9 Å². The molecule has 0 fully saturated rings. The largest absolute Gasteiger partial charge is 0.319 e. The van der Waals surface area contributed by atoms with E-state index in [-0.39, 0.29) is 11.9 Å². The fourth-order valence-corrected chi connectivity index (χ4v) is 2.63. The summed E-state index contributed by atoms with van der Waals surface area (Å²) in [6, 6.07) is 4.90. The Balaban J connectivity index is 2.53. The van der Waals surface area contributed by atoms with E-state index < -0.39 is 6.04 Å². The molecule has 102 valence electrons. The number of aromatic nitrogens is 2. The van der Waals surface area contributed by atoms with Gasteiger partial charge in [0.15, 0.2) is 0 Å². The average molecular weight is 326 g/mol. The number of halogens is 2. The summed E-state index contributed by atoms with van der Waals surface area (Å²) in [5.41, 5.74) is 8.12. The van der Waals surface area contributed by atoms with Crippen molar-refractivity contribution < 1.29 is 4.39 Å². The van der Waals surface area contributed by atoms with Gasteiger partial charge in [0.2, 0.25) is 0 Å².